The summed E-state index contributed by atoms with van der Waals surface area (Å²) >= 11 is 1.77. The van der Waals surface area contributed by atoms with Crippen molar-refractivity contribution in [1.29, 1.82) is 0 Å². The van der Waals surface area contributed by atoms with Gasteiger partial charge in [-0.15, -0.1) is 11.3 Å². The van der Waals surface area contributed by atoms with Crippen molar-refractivity contribution in [3.63, 3.8) is 0 Å². The Hall–Kier alpha value is -1.68. The number of para-hydroxylation sites is 1. The molecule has 0 amide bonds. The molecule has 3 N–H and O–H groups in total. The van der Waals surface area contributed by atoms with Crippen molar-refractivity contribution in [2.24, 2.45) is 0 Å². The average molecular weight is 262 g/mol. The van der Waals surface area contributed by atoms with Crippen LogP contribution in [-0.4, -0.2) is 7.11 Å². The molecule has 0 saturated carbocycles. The highest BCUT2D eigenvalue weighted by molar-refractivity contribution is 7.10. The van der Waals surface area contributed by atoms with Gasteiger partial charge in [0.05, 0.1) is 18.5 Å². The lowest BCUT2D eigenvalue weighted by molar-refractivity contribution is 0.417. The molecule has 0 radical (unpaired) electrons. The average Bonchev–Trinajstić information content (AvgIpc) is 2.85. The number of nitrogens with one attached hydrogen (secondary N) is 1. The lowest BCUT2D eigenvalue weighted by Gasteiger charge is -2.12. The van der Waals surface area contributed by atoms with Crippen molar-refractivity contribution in [2.45, 2.75) is 19.9 Å². The number of ether oxygens (including phenoxy) is 1. The van der Waals surface area contributed by atoms with Gasteiger partial charge in [-0.05, 0) is 35.6 Å². The van der Waals surface area contributed by atoms with Gasteiger partial charge in [-0.1, -0.05) is 13.0 Å². The second kappa shape index (κ2) is 5.78. The van der Waals surface area contributed by atoms with Crippen LogP contribution >= 0.6 is 11.3 Å². The third-order valence-corrected chi connectivity index (χ3v) is 3.91. The van der Waals surface area contributed by atoms with E-state index in [1.165, 1.54) is 10.4 Å². The lowest BCUT2D eigenvalue weighted by Crippen LogP contribution is -2.03. The van der Waals surface area contributed by atoms with Crippen LogP contribution in [0.2, 0.25) is 0 Å². The molecular formula is C14H18N2OS. The van der Waals surface area contributed by atoms with Crippen LogP contribution in [0.15, 0.2) is 29.6 Å². The first-order valence-corrected chi connectivity index (χ1v) is 6.85. The number of aryl methyl sites for hydroxylation is 1. The summed E-state index contributed by atoms with van der Waals surface area (Å²) in [5.74, 6) is 0.710. The highest BCUT2D eigenvalue weighted by Gasteiger charge is 2.06. The SMILES string of the molecule is CCc1ccsc1CNc1cccc(OC)c1N. The summed E-state index contributed by atoms with van der Waals surface area (Å²) in [4.78, 5) is 1.36. The van der Waals surface area contributed by atoms with Crippen LogP contribution in [0.4, 0.5) is 11.4 Å². The molecule has 0 unspecified atom stereocenters. The number of methoxy groups -OCH3 is 1. The third kappa shape index (κ3) is 2.59. The van der Waals surface area contributed by atoms with Crippen molar-refractivity contribution in [2.75, 3.05) is 18.2 Å². The van der Waals surface area contributed by atoms with Crippen LogP contribution in [0, 0.1) is 0 Å². The number of rotatable bonds is 5. The normalized spacial score (nSPS) is 10.3. The molecular weight excluding hydrogens is 244 g/mol. The van der Waals surface area contributed by atoms with E-state index in [-0.39, 0.29) is 0 Å². The van der Waals surface area contributed by atoms with Crippen molar-refractivity contribution in [3.8, 4) is 5.75 Å². The lowest BCUT2D eigenvalue weighted by atomic mass is 10.2. The number of anilines is 2. The van der Waals surface area contributed by atoms with E-state index in [9.17, 15) is 0 Å². The van der Waals surface area contributed by atoms with Crippen LogP contribution in [-0.2, 0) is 13.0 Å². The molecule has 3 nitrogen and oxygen atoms in total. The van der Waals surface area contributed by atoms with Crippen LogP contribution in [0.3, 0.4) is 0 Å². The number of hydrogen-bond donors (Lipinski definition) is 2. The molecule has 0 atom stereocenters. The van der Waals surface area contributed by atoms with Gasteiger partial charge in [0.2, 0.25) is 0 Å². The number of nitrogens with two attached hydrogens (primary N) is 1. The fraction of sp³-hybridized carbons (Fsp3) is 0.286. The van der Waals surface area contributed by atoms with Crippen LogP contribution in [0.25, 0.3) is 0 Å². The summed E-state index contributed by atoms with van der Waals surface area (Å²) in [7, 11) is 1.63. The standard InChI is InChI=1S/C14H18N2OS/c1-3-10-7-8-18-13(10)9-16-11-5-4-6-12(17-2)14(11)15/h4-8,16H,3,9,15H2,1-2H3. The van der Waals surface area contributed by atoms with E-state index in [4.69, 9.17) is 10.5 Å². The molecule has 0 bridgehead atoms. The third-order valence-electron chi connectivity index (χ3n) is 2.94. The van der Waals surface area contributed by atoms with Crippen LogP contribution in [0.5, 0.6) is 5.75 Å². The minimum atomic E-state index is 0.662. The Bertz CT molecular complexity index is 522. The van der Waals surface area contributed by atoms with Gasteiger partial charge in [0.1, 0.15) is 5.75 Å². The molecule has 96 valence electrons. The number of thiophene rings is 1. The van der Waals surface area contributed by atoms with E-state index in [1.54, 1.807) is 18.4 Å². The Morgan fingerprint density at radius 3 is 2.89 bits per heavy atom. The zero-order chi connectivity index (χ0) is 13.0. The Morgan fingerprint density at radius 1 is 1.33 bits per heavy atom. The van der Waals surface area contributed by atoms with Gasteiger partial charge in [-0.25, -0.2) is 0 Å². The van der Waals surface area contributed by atoms with Crippen molar-refractivity contribution >= 4 is 22.7 Å². The van der Waals surface area contributed by atoms with E-state index in [0.29, 0.717) is 11.4 Å². The van der Waals surface area contributed by atoms with Crippen LogP contribution < -0.4 is 15.8 Å². The number of hydrogen-bond acceptors (Lipinski definition) is 4. The second-order valence-corrected chi connectivity index (χ2v) is 5.00. The largest absolute Gasteiger partial charge is 0.495 e. The van der Waals surface area contributed by atoms with Gasteiger partial charge in [0.15, 0.2) is 0 Å². The van der Waals surface area contributed by atoms with Gasteiger partial charge < -0.3 is 15.8 Å². The Kier molecular flexibility index (Phi) is 4.10. The zero-order valence-corrected chi connectivity index (χ0v) is 11.5. The molecule has 18 heavy (non-hydrogen) atoms. The number of benzene rings is 1. The Labute approximate surface area is 112 Å². The highest BCUT2D eigenvalue weighted by atomic mass is 32.1. The summed E-state index contributed by atoms with van der Waals surface area (Å²) in [5, 5.41) is 5.50. The molecule has 1 aromatic carbocycles. The molecule has 0 fully saturated rings. The van der Waals surface area contributed by atoms with E-state index >= 15 is 0 Å². The molecule has 1 heterocycles. The molecule has 0 spiro atoms. The molecule has 0 saturated heterocycles. The maximum atomic E-state index is 6.02. The minimum Gasteiger partial charge on any atom is -0.495 e. The first-order valence-electron chi connectivity index (χ1n) is 5.97. The Morgan fingerprint density at radius 2 is 2.17 bits per heavy atom. The van der Waals surface area contributed by atoms with E-state index in [2.05, 4.69) is 23.7 Å². The maximum Gasteiger partial charge on any atom is 0.143 e. The summed E-state index contributed by atoms with van der Waals surface area (Å²) in [6.45, 7) is 2.98. The summed E-state index contributed by atoms with van der Waals surface area (Å²) in [6, 6.07) is 7.95. The fourth-order valence-corrected chi connectivity index (χ4v) is 2.80. The van der Waals surface area contributed by atoms with Gasteiger partial charge >= 0.3 is 0 Å². The molecule has 0 aliphatic carbocycles. The first-order chi connectivity index (χ1) is 8.76. The smallest absolute Gasteiger partial charge is 0.143 e. The number of nitrogen functional groups attached to an aromatic ring is 1. The van der Waals surface area contributed by atoms with Crippen molar-refractivity contribution < 1.29 is 4.74 Å². The quantitative estimate of drug-likeness (QED) is 0.811. The van der Waals surface area contributed by atoms with Gasteiger partial charge in [-0.2, -0.15) is 0 Å². The first kappa shape index (κ1) is 12.8. The van der Waals surface area contributed by atoms with Gasteiger partial charge in [0, 0.05) is 11.4 Å². The molecule has 0 aliphatic rings. The molecule has 4 heteroatoms. The minimum absolute atomic E-state index is 0.662. The topological polar surface area (TPSA) is 47.3 Å². The van der Waals surface area contributed by atoms with Crippen LogP contribution in [0.1, 0.15) is 17.4 Å². The highest BCUT2D eigenvalue weighted by Crippen LogP contribution is 2.29. The second-order valence-electron chi connectivity index (χ2n) is 4.00. The monoisotopic (exact) mass is 262 g/mol. The van der Waals surface area contributed by atoms with Gasteiger partial charge in [-0.3, -0.25) is 0 Å². The predicted molar refractivity (Wildman–Crippen MR) is 78.4 cm³/mol. The van der Waals surface area contributed by atoms with Crippen molar-refractivity contribution in [3.05, 3.63) is 40.1 Å². The Balaban J connectivity index is 2.11. The molecule has 0 aliphatic heterocycles. The molecule has 2 rings (SSSR count). The van der Waals surface area contributed by atoms with E-state index < -0.39 is 0 Å². The van der Waals surface area contributed by atoms with E-state index in [0.717, 1.165) is 18.7 Å². The maximum absolute atomic E-state index is 6.02. The summed E-state index contributed by atoms with van der Waals surface area (Å²) in [6.07, 6.45) is 1.06. The zero-order valence-electron chi connectivity index (χ0n) is 10.7. The van der Waals surface area contributed by atoms with E-state index in [1.807, 2.05) is 18.2 Å². The summed E-state index contributed by atoms with van der Waals surface area (Å²) in [5.41, 5.74) is 9.00. The van der Waals surface area contributed by atoms with Crippen molar-refractivity contribution in [1.82, 2.24) is 0 Å². The molecule has 1 aromatic heterocycles. The molecule has 2 aromatic rings. The van der Waals surface area contributed by atoms with Gasteiger partial charge in [0.25, 0.3) is 0 Å². The summed E-state index contributed by atoms with van der Waals surface area (Å²) < 4.78 is 5.21. The fourth-order valence-electron chi connectivity index (χ4n) is 1.89. The predicted octanol–water partition coefficient (Wildman–Crippen LogP) is 3.51.